The first-order chi connectivity index (χ1) is 19.7. The number of piperazine rings is 1. The van der Waals surface area contributed by atoms with Gasteiger partial charge in [0.05, 0.1) is 39.0 Å². The van der Waals surface area contributed by atoms with E-state index in [2.05, 4.69) is 22.2 Å². The van der Waals surface area contributed by atoms with Crippen molar-refractivity contribution in [1.29, 1.82) is 0 Å². The molecule has 1 saturated heterocycles. The van der Waals surface area contributed by atoms with Gasteiger partial charge in [-0.3, -0.25) is 9.10 Å². The van der Waals surface area contributed by atoms with Crippen LogP contribution in [-0.2, 0) is 14.8 Å². The minimum absolute atomic E-state index is 0.0932. The standard InChI is InChI=1S/C29H36N4O7S/c1-31-14-16-32(17-15-31)22-8-6-21(7-9-22)30-29(34)20-33(25-18-23(37-2)10-12-26(25)38-3)41(35,36)24-11-13-27(39-4)28(19-24)40-5/h6-13,18-19H,14-17,20H2,1-5H3,(H,30,34). The summed E-state index contributed by atoms with van der Waals surface area (Å²) in [6.45, 7) is 3.29. The van der Waals surface area contributed by atoms with Crippen LogP contribution in [0.2, 0.25) is 0 Å². The second-order valence-electron chi connectivity index (χ2n) is 9.45. The van der Waals surface area contributed by atoms with Gasteiger partial charge in [0, 0.05) is 49.7 Å². The molecule has 0 unspecified atom stereocenters. The van der Waals surface area contributed by atoms with Crippen molar-refractivity contribution in [2.24, 2.45) is 0 Å². The SMILES string of the molecule is COc1ccc(OC)c(N(CC(=O)Nc2ccc(N3CCN(C)CC3)cc2)S(=O)(=O)c2ccc(OC)c(OC)c2)c1. The van der Waals surface area contributed by atoms with Crippen LogP contribution >= 0.6 is 0 Å². The summed E-state index contributed by atoms with van der Waals surface area (Å²) in [7, 11) is 3.58. The fraction of sp³-hybridized carbons (Fsp3) is 0.345. The summed E-state index contributed by atoms with van der Waals surface area (Å²) in [6.07, 6.45) is 0. The van der Waals surface area contributed by atoms with Crippen molar-refractivity contribution in [3.05, 3.63) is 60.7 Å². The Bertz CT molecular complexity index is 1460. The highest BCUT2D eigenvalue weighted by Crippen LogP contribution is 2.37. The Kier molecular flexibility index (Phi) is 9.46. The number of nitrogens with zero attached hydrogens (tertiary/aromatic N) is 3. The maximum Gasteiger partial charge on any atom is 0.265 e. The van der Waals surface area contributed by atoms with Gasteiger partial charge in [-0.1, -0.05) is 0 Å². The number of methoxy groups -OCH3 is 4. The number of likely N-dealkylation sites (N-methyl/N-ethyl adjacent to an activating group) is 1. The van der Waals surface area contributed by atoms with Crippen LogP contribution in [0.1, 0.15) is 0 Å². The maximum absolute atomic E-state index is 14.0. The zero-order valence-electron chi connectivity index (χ0n) is 23.9. The second kappa shape index (κ2) is 13.0. The number of carbonyl (C=O) groups excluding carboxylic acids is 1. The molecule has 220 valence electrons. The lowest BCUT2D eigenvalue weighted by Crippen LogP contribution is -2.44. The van der Waals surface area contributed by atoms with Crippen LogP contribution < -0.4 is 33.5 Å². The van der Waals surface area contributed by atoms with Crippen molar-refractivity contribution < 1.29 is 32.2 Å². The number of hydrogen-bond acceptors (Lipinski definition) is 9. The molecule has 0 radical (unpaired) electrons. The molecule has 3 aromatic carbocycles. The number of nitrogens with one attached hydrogen (secondary N) is 1. The van der Waals surface area contributed by atoms with Gasteiger partial charge in [-0.15, -0.1) is 0 Å². The Balaban J connectivity index is 1.64. The Morgan fingerprint density at radius 2 is 1.44 bits per heavy atom. The maximum atomic E-state index is 14.0. The molecule has 1 N–H and O–H groups in total. The summed E-state index contributed by atoms with van der Waals surface area (Å²) in [4.78, 5) is 17.8. The molecule has 1 aliphatic heterocycles. The fourth-order valence-corrected chi connectivity index (χ4v) is 5.99. The molecule has 12 heteroatoms. The average molecular weight is 585 g/mol. The number of carbonyl (C=O) groups is 1. The molecule has 0 aliphatic carbocycles. The smallest absolute Gasteiger partial charge is 0.265 e. The Hall–Kier alpha value is -4.16. The molecule has 1 heterocycles. The van der Waals surface area contributed by atoms with E-state index >= 15 is 0 Å². The van der Waals surface area contributed by atoms with Gasteiger partial charge in [0.2, 0.25) is 5.91 Å². The third-order valence-corrected chi connectivity index (χ3v) is 8.66. The van der Waals surface area contributed by atoms with Gasteiger partial charge in [-0.25, -0.2) is 8.42 Å². The van der Waals surface area contributed by atoms with Gasteiger partial charge in [-0.2, -0.15) is 0 Å². The number of sulfonamides is 1. The molecular weight excluding hydrogens is 548 g/mol. The number of ether oxygens (including phenoxy) is 4. The average Bonchev–Trinajstić information content (AvgIpc) is 2.99. The van der Waals surface area contributed by atoms with Gasteiger partial charge in [0.25, 0.3) is 10.0 Å². The van der Waals surface area contributed by atoms with Crippen molar-refractivity contribution in [1.82, 2.24) is 4.90 Å². The first-order valence-corrected chi connectivity index (χ1v) is 14.4. The summed E-state index contributed by atoms with van der Waals surface area (Å²) in [6, 6.07) is 16.5. The third-order valence-electron chi connectivity index (χ3n) is 6.90. The van der Waals surface area contributed by atoms with Crippen LogP contribution in [-0.4, -0.2) is 87.4 Å². The lowest BCUT2D eigenvalue weighted by molar-refractivity contribution is -0.114. The van der Waals surface area contributed by atoms with Gasteiger partial charge < -0.3 is 34.1 Å². The minimum Gasteiger partial charge on any atom is -0.497 e. The molecule has 0 bridgehead atoms. The zero-order chi connectivity index (χ0) is 29.6. The number of rotatable bonds is 11. The second-order valence-corrected chi connectivity index (χ2v) is 11.3. The molecule has 4 rings (SSSR count). The Labute approximate surface area is 241 Å². The van der Waals surface area contributed by atoms with E-state index < -0.39 is 22.5 Å². The monoisotopic (exact) mass is 584 g/mol. The molecule has 1 fully saturated rings. The number of anilines is 3. The van der Waals surface area contributed by atoms with Gasteiger partial charge >= 0.3 is 0 Å². The van der Waals surface area contributed by atoms with E-state index in [0.29, 0.717) is 17.2 Å². The summed E-state index contributed by atoms with van der Waals surface area (Å²) in [5, 5.41) is 2.82. The quantitative estimate of drug-likeness (QED) is 0.363. The third kappa shape index (κ3) is 6.77. The zero-order valence-corrected chi connectivity index (χ0v) is 24.7. The lowest BCUT2D eigenvalue weighted by atomic mass is 10.2. The lowest BCUT2D eigenvalue weighted by Gasteiger charge is -2.34. The van der Waals surface area contributed by atoms with E-state index in [1.165, 1.54) is 52.7 Å². The summed E-state index contributed by atoms with van der Waals surface area (Å²) in [5.41, 5.74) is 1.76. The van der Waals surface area contributed by atoms with Gasteiger partial charge in [0.1, 0.15) is 18.0 Å². The molecular formula is C29H36N4O7S. The summed E-state index contributed by atoms with van der Waals surface area (Å²) < 4.78 is 50.5. The van der Waals surface area contributed by atoms with Crippen molar-refractivity contribution in [2.45, 2.75) is 4.90 Å². The fourth-order valence-electron chi connectivity index (χ4n) is 4.55. The Morgan fingerprint density at radius 1 is 0.805 bits per heavy atom. The van der Waals surface area contributed by atoms with E-state index in [1.54, 1.807) is 12.1 Å². The van der Waals surface area contributed by atoms with E-state index in [1.807, 2.05) is 24.3 Å². The molecule has 11 nitrogen and oxygen atoms in total. The highest BCUT2D eigenvalue weighted by Gasteiger charge is 2.31. The topological polar surface area (TPSA) is 110 Å². The largest absolute Gasteiger partial charge is 0.497 e. The van der Waals surface area contributed by atoms with E-state index in [4.69, 9.17) is 18.9 Å². The molecule has 0 aromatic heterocycles. The highest BCUT2D eigenvalue weighted by molar-refractivity contribution is 7.92. The van der Waals surface area contributed by atoms with Crippen molar-refractivity contribution in [3.63, 3.8) is 0 Å². The van der Waals surface area contributed by atoms with E-state index in [0.717, 1.165) is 36.2 Å². The predicted molar refractivity (Wildman–Crippen MR) is 158 cm³/mol. The van der Waals surface area contributed by atoms with Crippen LogP contribution in [0.15, 0.2) is 65.6 Å². The van der Waals surface area contributed by atoms with Crippen LogP contribution in [0.25, 0.3) is 0 Å². The van der Waals surface area contributed by atoms with Crippen molar-refractivity contribution >= 4 is 33.0 Å². The highest BCUT2D eigenvalue weighted by atomic mass is 32.2. The van der Waals surface area contributed by atoms with Crippen molar-refractivity contribution in [3.8, 4) is 23.0 Å². The van der Waals surface area contributed by atoms with Crippen LogP contribution in [0.3, 0.4) is 0 Å². The number of hydrogen-bond donors (Lipinski definition) is 1. The molecule has 0 atom stereocenters. The first kappa shape index (κ1) is 29.8. The Morgan fingerprint density at radius 3 is 2.05 bits per heavy atom. The van der Waals surface area contributed by atoms with Crippen LogP contribution in [0, 0.1) is 0 Å². The van der Waals surface area contributed by atoms with Gasteiger partial charge in [0.15, 0.2) is 11.5 Å². The molecule has 41 heavy (non-hydrogen) atoms. The molecule has 0 saturated carbocycles. The molecule has 3 aromatic rings. The van der Waals surface area contributed by atoms with E-state index in [-0.39, 0.29) is 22.1 Å². The van der Waals surface area contributed by atoms with Crippen LogP contribution in [0.4, 0.5) is 17.1 Å². The molecule has 0 spiro atoms. The summed E-state index contributed by atoms with van der Waals surface area (Å²) in [5.74, 6) is 0.712. The predicted octanol–water partition coefficient (Wildman–Crippen LogP) is 3.31. The number of amides is 1. The molecule has 1 aliphatic rings. The normalized spacial score (nSPS) is 13.8. The summed E-state index contributed by atoms with van der Waals surface area (Å²) >= 11 is 0. The van der Waals surface area contributed by atoms with E-state index in [9.17, 15) is 13.2 Å². The first-order valence-electron chi connectivity index (χ1n) is 13.0. The number of benzene rings is 3. The van der Waals surface area contributed by atoms with Crippen LogP contribution in [0.5, 0.6) is 23.0 Å². The van der Waals surface area contributed by atoms with Crippen molar-refractivity contribution in [2.75, 3.05) is 82.7 Å². The molecule has 1 amide bonds. The minimum atomic E-state index is -4.29. The van der Waals surface area contributed by atoms with Gasteiger partial charge in [-0.05, 0) is 55.6 Å².